The summed E-state index contributed by atoms with van der Waals surface area (Å²) in [4.78, 5) is 22.6. The molecule has 1 fully saturated rings. The number of nitrogens with one attached hydrogen (secondary N) is 2. The molecule has 0 radical (unpaired) electrons. The fourth-order valence-electron chi connectivity index (χ4n) is 1.57. The minimum atomic E-state index is -1.26. The number of thioether (sulfide) groups is 1. The molecule has 1 saturated heterocycles. The van der Waals surface area contributed by atoms with Crippen LogP contribution in [0.4, 0.5) is 4.79 Å². The van der Waals surface area contributed by atoms with Crippen LogP contribution in [0.25, 0.3) is 0 Å². The monoisotopic (exact) mass is 262 g/mol. The van der Waals surface area contributed by atoms with Crippen LogP contribution in [-0.4, -0.2) is 54.4 Å². The fourth-order valence-corrected chi connectivity index (χ4v) is 2.00. The van der Waals surface area contributed by atoms with Crippen molar-refractivity contribution in [3.05, 3.63) is 0 Å². The molecule has 0 aromatic carbocycles. The number of carbonyl (C=O) groups excluding carboxylic acids is 1. The number of carbonyl (C=O) groups is 2. The molecule has 17 heavy (non-hydrogen) atoms. The van der Waals surface area contributed by atoms with E-state index in [4.69, 9.17) is 9.84 Å². The highest BCUT2D eigenvalue weighted by Gasteiger charge is 2.43. The maximum Gasteiger partial charge on any atom is 0.332 e. The molecule has 2 amide bonds. The van der Waals surface area contributed by atoms with Crippen LogP contribution in [0.15, 0.2) is 0 Å². The molecule has 0 aromatic rings. The van der Waals surface area contributed by atoms with Crippen LogP contribution in [0, 0.1) is 0 Å². The highest BCUT2D eigenvalue weighted by molar-refractivity contribution is 7.98. The summed E-state index contributed by atoms with van der Waals surface area (Å²) in [5, 5.41) is 14.2. The second-order valence-corrected chi connectivity index (χ2v) is 4.90. The van der Waals surface area contributed by atoms with E-state index >= 15 is 0 Å². The second-order valence-electron chi connectivity index (χ2n) is 3.92. The van der Waals surface area contributed by atoms with Crippen molar-refractivity contribution in [2.24, 2.45) is 0 Å². The van der Waals surface area contributed by atoms with Crippen LogP contribution in [0.1, 0.15) is 12.8 Å². The number of urea groups is 1. The van der Waals surface area contributed by atoms with E-state index in [9.17, 15) is 9.59 Å². The SMILES string of the molecule is CSCCCNC(=O)NC1(C(=O)O)CCOC1. The lowest BCUT2D eigenvalue weighted by Gasteiger charge is -2.23. The summed E-state index contributed by atoms with van der Waals surface area (Å²) < 4.78 is 5.04. The van der Waals surface area contributed by atoms with Crippen LogP contribution in [0.5, 0.6) is 0 Å². The number of ether oxygens (including phenoxy) is 1. The van der Waals surface area contributed by atoms with Crippen molar-refractivity contribution in [3.8, 4) is 0 Å². The van der Waals surface area contributed by atoms with E-state index in [0.717, 1.165) is 12.2 Å². The first kappa shape index (κ1) is 14.1. The Kier molecular flexibility index (Phi) is 5.57. The third-order valence-electron chi connectivity index (χ3n) is 2.59. The topological polar surface area (TPSA) is 87.7 Å². The van der Waals surface area contributed by atoms with Gasteiger partial charge in [-0.15, -0.1) is 0 Å². The fraction of sp³-hybridized carbons (Fsp3) is 0.800. The van der Waals surface area contributed by atoms with Gasteiger partial charge >= 0.3 is 12.0 Å². The van der Waals surface area contributed by atoms with Crippen LogP contribution in [0.3, 0.4) is 0 Å². The summed E-state index contributed by atoms with van der Waals surface area (Å²) in [5.74, 6) is -0.0812. The Labute approximate surface area is 104 Å². The van der Waals surface area contributed by atoms with Crippen molar-refractivity contribution >= 4 is 23.8 Å². The molecule has 1 rings (SSSR count). The lowest BCUT2D eigenvalue weighted by Crippen LogP contribution is -2.57. The Bertz CT molecular complexity index is 279. The number of hydrogen-bond donors (Lipinski definition) is 3. The van der Waals surface area contributed by atoms with Crippen molar-refractivity contribution in [3.63, 3.8) is 0 Å². The van der Waals surface area contributed by atoms with Gasteiger partial charge in [0.2, 0.25) is 0 Å². The smallest absolute Gasteiger partial charge is 0.332 e. The third kappa shape index (κ3) is 4.08. The molecule has 0 bridgehead atoms. The molecule has 1 atom stereocenters. The van der Waals surface area contributed by atoms with Gasteiger partial charge in [-0.1, -0.05) is 0 Å². The van der Waals surface area contributed by atoms with E-state index in [1.54, 1.807) is 11.8 Å². The molecule has 0 aromatic heterocycles. The number of rotatable bonds is 6. The summed E-state index contributed by atoms with van der Waals surface area (Å²) in [6.07, 6.45) is 3.17. The van der Waals surface area contributed by atoms with Crippen LogP contribution in [0.2, 0.25) is 0 Å². The molecular formula is C10H18N2O4S. The number of amides is 2. The summed E-state index contributed by atoms with van der Waals surface area (Å²) >= 11 is 1.70. The van der Waals surface area contributed by atoms with Gasteiger partial charge in [0.1, 0.15) is 0 Å². The Morgan fingerprint density at radius 2 is 2.29 bits per heavy atom. The molecular weight excluding hydrogens is 244 g/mol. The summed E-state index contributed by atoms with van der Waals surface area (Å²) in [6, 6.07) is -0.445. The van der Waals surface area contributed by atoms with Crippen molar-refractivity contribution in [1.82, 2.24) is 10.6 Å². The van der Waals surface area contributed by atoms with Gasteiger partial charge in [-0.3, -0.25) is 0 Å². The van der Waals surface area contributed by atoms with E-state index < -0.39 is 17.5 Å². The molecule has 1 aliphatic rings. The van der Waals surface area contributed by atoms with E-state index in [0.29, 0.717) is 19.6 Å². The van der Waals surface area contributed by atoms with Gasteiger partial charge in [0, 0.05) is 19.6 Å². The maximum atomic E-state index is 11.5. The zero-order chi connectivity index (χ0) is 12.7. The summed E-state index contributed by atoms with van der Waals surface area (Å²) in [6.45, 7) is 0.933. The van der Waals surface area contributed by atoms with E-state index in [-0.39, 0.29) is 6.61 Å². The van der Waals surface area contributed by atoms with Crippen molar-refractivity contribution in [2.75, 3.05) is 31.8 Å². The normalized spacial score (nSPS) is 23.4. The van der Waals surface area contributed by atoms with Gasteiger partial charge in [-0.2, -0.15) is 11.8 Å². The van der Waals surface area contributed by atoms with E-state index in [1.165, 1.54) is 0 Å². The van der Waals surface area contributed by atoms with Gasteiger partial charge < -0.3 is 20.5 Å². The molecule has 1 unspecified atom stereocenters. The third-order valence-corrected chi connectivity index (χ3v) is 3.29. The number of carboxylic acids is 1. The predicted molar refractivity (Wildman–Crippen MR) is 65.3 cm³/mol. The zero-order valence-corrected chi connectivity index (χ0v) is 10.6. The lowest BCUT2D eigenvalue weighted by molar-refractivity contribution is -0.144. The Hall–Kier alpha value is -0.950. The quantitative estimate of drug-likeness (QED) is 0.599. The van der Waals surface area contributed by atoms with Crippen LogP contribution < -0.4 is 10.6 Å². The number of carboxylic acid groups (broad SMARTS) is 1. The molecule has 1 aliphatic heterocycles. The minimum absolute atomic E-state index is 0.0283. The number of aliphatic carboxylic acids is 1. The Balaban J connectivity index is 2.35. The van der Waals surface area contributed by atoms with Crippen molar-refractivity contribution in [1.29, 1.82) is 0 Å². The van der Waals surface area contributed by atoms with E-state index in [2.05, 4.69) is 10.6 Å². The first-order valence-electron chi connectivity index (χ1n) is 5.47. The molecule has 3 N–H and O–H groups in total. The highest BCUT2D eigenvalue weighted by atomic mass is 32.2. The van der Waals surface area contributed by atoms with Gasteiger partial charge in [0.25, 0.3) is 0 Å². The molecule has 6 nitrogen and oxygen atoms in total. The minimum Gasteiger partial charge on any atom is -0.479 e. The van der Waals surface area contributed by atoms with Gasteiger partial charge in [-0.25, -0.2) is 9.59 Å². The molecule has 0 spiro atoms. The zero-order valence-electron chi connectivity index (χ0n) is 9.82. The molecule has 0 saturated carbocycles. The summed E-state index contributed by atoms with van der Waals surface area (Å²) in [5.41, 5.74) is -1.26. The van der Waals surface area contributed by atoms with Crippen molar-refractivity contribution < 1.29 is 19.4 Å². The molecule has 1 heterocycles. The summed E-state index contributed by atoms with van der Waals surface area (Å²) in [7, 11) is 0. The van der Waals surface area contributed by atoms with E-state index in [1.807, 2.05) is 6.26 Å². The number of hydrogen-bond acceptors (Lipinski definition) is 4. The van der Waals surface area contributed by atoms with Crippen molar-refractivity contribution in [2.45, 2.75) is 18.4 Å². The largest absolute Gasteiger partial charge is 0.479 e. The Morgan fingerprint density at radius 1 is 1.53 bits per heavy atom. The van der Waals surface area contributed by atoms with Crippen LogP contribution in [-0.2, 0) is 9.53 Å². The average molecular weight is 262 g/mol. The average Bonchev–Trinajstić information content (AvgIpc) is 2.74. The highest BCUT2D eigenvalue weighted by Crippen LogP contribution is 2.18. The maximum absolute atomic E-state index is 11.5. The first-order valence-corrected chi connectivity index (χ1v) is 6.86. The van der Waals surface area contributed by atoms with Gasteiger partial charge in [-0.05, 0) is 18.4 Å². The molecule has 98 valence electrons. The van der Waals surface area contributed by atoms with Gasteiger partial charge in [0.05, 0.1) is 6.61 Å². The predicted octanol–water partition coefficient (Wildman–Crippen LogP) is 0.282. The molecule has 7 heteroatoms. The Morgan fingerprint density at radius 3 is 2.82 bits per heavy atom. The second kappa shape index (κ2) is 6.70. The first-order chi connectivity index (χ1) is 8.10. The lowest BCUT2D eigenvalue weighted by atomic mass is 9.99. The standard InChI is InChI=1S/C10H18N2O4S/c1-17-6-2-4-11-9(15)12-10(8(13)14)3-5-16-7-10/h2-7H2,1H3,(H,13,14)(H2,11,12,15). The van der Waals surface area contributed by atoms with Crippen LogP contribution >= 0.6 is 11.8 Å². The van der Waals surface area contributed by atoms with Gasteiger partial charge in [0.15, 0.2) is 5.54 Å². The molecule has 0 aliphatic carbocycles.